The van der Waals surface area contributed by atoms with E-state index >= 15 is 0 Å². The number of nitrogens with zero attached hydrogens (tertiary/aromatic N) is 2. The molecule has 2 aliphatic rings. The molecule has 3 atom stereocenters. The van der Waals surface area contributed by atoms with Gasteiger partial charge in [0.1, 0.15) is 0 Å². The number of carbonyl (C=O) groups excluding carboxylic acids is 1. The number of benzene rings is 1. The van der Waals surface area contributed by atoms with Gasteiger partial charge in [-0.25, -0.2) is 12.7 Å². The first-order valence-corrected chi connectivity index (χ1v) is 10.7. The Morgan fingerprint density at radius 2 is 1.88 bits per heavy atom. The first-order chi connectivity index (χ1) is 12.2. The zero-order valence-electron chi connectivity index (χ0n) is 16.0. The molecule has 2 fully saturated rings. The van der Waals surface area contributed by atoms with Gasteiger partial charge in [-0.2, -0.15) is 0 Å². The maximum atomic E-state index is 12.6. The molecule has 0 aromatic heterocycles. The zero-order chi connectivity index (χ0) is 19.1. The van der Waals surface area contributed by atoms with Crippen LogP contribution in [0.5, 0.6) is 0 Å². The number of sulfonamides is 1. The molecule has 3 rings (SSSR count). The van der Waals surface area contributed by atoms with E-state index in [2.05, 4.69) is 5.32 Å². The second-order valence-electron chi connectivity index (χ2n) is 8.05. The molecule has 0 saturated heterocycles. The van der Waals surface area contributed by atoms with Gasteiger partial charge in [-0.05, 0) is 55.2 Å². The molecular formula is C19H29N3O3S. The Kier molecular flexibility index (Phi) is 5.30. The van der Waals surface area contributed by atoms with Gasteiger partial charge in [-0.15, -0.1) is 0 Å². The quantitative estimate of drug-likeness (QED) is 0.825. The minimum atomic E-state index is -3.54. The molecule has 7 heteroatoms. The average Bonchev–Trinajstić information content (AvgIpc) is 3.17. The van der Waals surface area contributed by atoms with Gasteiger partial charge in [0.2, 0.25) is 15.9 Å². The summed E-state index contributed by atoms with van der Waals surface area (Å²) in [6.45, 7) is 0. The molecule has 1 aromatic carbocycles. The molecule has 1 N–H and O–H groups in total. The highest BCUT2D eigenvalue weighted by atomic mass is 32.2. The van der Waals surface area contributed by atoms with Crippen molar-refractivity contribution in [2.75, 3.05) is 38.4 Å². The van der Waals surface area contributed by atoms with Gasteiger partial charge >= 0.3 is 0 Å². The molecule has 26 heavy (non-hydrogen) atoms. The van der Waals surface area contributed by atoms with Crippen molar-refractivity contribution in [2.45, 2.75) is 37.0 Å². The highest BCUT2D eigenvalue weighted by Gasteiger charge is 2.40. The number of amides is 1. The lowest BCUT2D eigenvalue weighted by Crippen LogP contribution is -2.24. The highest BCUT2D eigenvalue weighted by molar-refractivity contribution is 7.89. The number of nitrogens with one attached hydrogen (secondary N) is 1. The van der Waals surface area contributed by atoms with Crippen LogP contribution in [0.4, 0.5) is 11.4 Å². The Hall–Kier alpha value is -1.60. The summed E-state index contributed by atoms with van der Waals surface area (Å²) in [6, 6.07) is 4.88. The minimum absolute atomic E-state index is 0.0231. The summed E-state index contributed by atoms with van der Waals surface area (Å²) in [4.78, 5) is 14.7. The van der Waals surface area contributed by atoms with Crippen LogP contribution in [0.1, 0.15) is 32.1 Å². The Balaban J connectivity index is 1.79. The molecule has 6 nitrogen and oxygen atoms in total. The van der Waals surface area contributed by atoms with E-state index in [1.807, 2.05) is 19.0 Å². The molecule has 2 bridgehead atoms. The van der Waals surface area contributed by atoms with E-state index in [0.29, 0.717) is 23.9 Å². The molecule has 0 radical (unpaired) electrons. The monoisotopic (exact) mass is 379 g/mol. The van der Waals surface area contributed by atoms with Crippen LogP contribution in [0.15, 0.2) is 23.1 Å². The van der Waals surface area contributed by atoms with Gasteiger partial charge in [0.15, 0.2) is 0 Å². The molecule has 1 amide bonds. The van der Waals surface area contributed by atoms with Crippen molar-refractivity contribution in [2.24, 2.45) is 17.8 Å². The Labute approximate surface area is 156 Å². The largest absolute Gasteiger partial charge is 0.376 e. The van der Waals surface area contributed by atoms with E-state index in [0.717, 1.165) is 18.0 Å². The number of rotatable bonds is 6. The lowest BCUT2D eigenvalue weighted by molar-refractivity contribution is -0.117. The van der Waals surface area contributed by atoms with E-state index < -0.39 is 10.0 Å². The fourth-order valence-corrected chi connectivity index (χ4v) is 5.37. The van der Waals surface area contributed by atoms with Crippen LogP contribution < -0.4 is 10.2 Å². The average molecular weight is 380 g/mol. The molecule has 3 unspecified atom stereocenters. The normalized spacial score (nSPS) is 24.9. The van der Waals surface area contributed by atoms with Gasteiger partial charge in [0.25, 0.3) is 0 Å². The first kappa shape index (κ1) is 19.2. The predicted molar refractivity (Wildman–Crippen MR) is 104 cm³/mol. The summed E-state index contributed by atoms with van der Waals surface area (Å²) < 4.78 is 26.0. The van der Waals surface area contributed by atoms with E-state index in [-0.39, 0.29) is 10.8 Å². The molecule has 0 spiro atoms. The minimum Gasteiger partial charge on any atom is -0.376 e. The molecule has 144 valence electrons. The van der Waals surface area contributed by atoms with Crippen molar-refractivity contribution in [3.63, 3.8) is 0 Å². The Morgan fingerprint density at radius 1 is 1.15 bits per heavy atom. The van der Waals surface area contributed by atoms with Crippen molar-refractivity contribution in [1.82, 2.24) is 4.31 Å². The molecule has 2 saturated carbocycles. The standard InChI is InChI=1S/C19H29N3O3S/c1-21(2)18-8-7-16(26(24,25)22(3)4)12-17(18)20-19(23)11-15-10-13-5-6-14(15)9-13/h7-8,12-15H,5-6,9-11H2,1-4H3,(H,20,23). The number of carbonyl (C=O) groups is 1. The number of anilines is 2. The van der Waals surface area contributed by atoms with Crippen molar-refractivity contribution in [1.29, 1.82) is 0 Å². The summed E-state index contributed by atoms with van der Waals surface area (Å²) in [5.74, 6) is 1.96. The summed E-state index contributed by atoms with van der Waals surface area (Å²) in [6.07, 6.45) is 5.53. The Bertz CT molecular complexity index is 789. The van der Waals surface area contributed by atoms with Gasteiger partial charge in [-0.3, -0.25) is 4.79 Å². The maximum absolute atomic E-state index is 12.6. The predicted octanol–water partition coefficient (Wildman–Crippen LogP) is 2.77. The lowest BCUT2D eigenvalue weighted by Gasteiger charge is -2.23. The third-order valence-electron chi connectivity index (χ3n) is 5.83. The first-order valence-electron chi connectivity index (χ1n) is 9.22. The fraction of sp³-hybridized carbons (Fsp3) is 0.632. The zero-order valence-corrected chi connectivity index (χ0v) is 16.8. The molecular weight excluding hydrogens is 350 g/mol. The van der Waals surface area contributed by atoms with Crippen LogP contribution in [0.2, 0.25) is 0 Å². The Morgan fingerprint density at radius 3 is 2.42 bits per heavy atom. The second kappa shape index (κ2) is 7.19. The van der Waals surface area contributed by atoms with Crippen LogP contribution in [-0.4, -0.2) is 46.8 Å². The van der Waals surface area contributed by atoms with Crippen molar-refractivity contribution < 1.29 is 13.2 Å². The number of hydrogen-bond acceptors (Lipinski definition) is 4. The lowest BCUT2D eigenvalue weighted by atomic mass is 9.86. The highest BCUT2D eigenvalue weighted by Crippen LogP contribution is 2.49. The van der Waals surface area contributed by atoms with Crippen molar-refractivity contribution in [3.05, 3.63) is 18.2 Å². The van der Waals surface area contributed by atoms with Gasteiger partial charge in [-0.1, -0.05) is 6.42 Å². The summed E-state index contributed by atoms with van der Waals surface area (Å²) in [5, 5.41) is 2.97. The third kappa shape index (κ3) is 3.74. The number of hydrogen-bond donors (Lipinski definition) is 1. The maximum Gasteiger partial charge on any atom is 0.242 e. The third-order valence-corrected chi connectivity index (χ3v) is 7.65. The van der Waals surface area contributed by atoms with Crippen LogP contribution in [-0.2, 0) is 14.8 Å². The topological polar surface area (TPSA) is 69.7 Å². The van der Waals surface area contributed by atoms with E-state index in [1.54, 1.807) is 18.2 Å². The summed E-state index contributed by atoms with van der Waals surface area (Å²) >= 11 is 0. The van der Waals surface area contributed by atoms with Crippen molar-refractivity contribution >= 4 is 27.3 Å². The SMILES string of the molecule is CN(C)c1ccc(S(=O)(=O)N(C)C)cc1NC(=O)CC1CC2CCC1C2. The molecule has 0 aliphatic heterocycles. The molecule has 1 aromatic rings. The van der Waals surface area contributed by atoms with Crippen LogP contribution >= 0.6 is 0 Å². The van der Waals surface area contributed by atoms with E-state index in [4.69, 9.17) is 0 Å². The van der Waals surface area contributed by atoms with E-state index in [9.17, 15) is 13.2 Å². The van der Waals surface area contributed by atoms with Crippen LogP contribution in [0, 0.1) is 17.8 Å². The van der Waals surface area contributed by atoms with E-state index in [1.165, 1.54) is 37.7 Å². The van der Waals surface area contributed by atoms with Gasteiger partial charge in [0.05, 0.1) is 16.3 Å². The number of fused-ring (bicyclic) bond motifs is 2. The second-order valence-corrected chi connectivity index (χ2v) is 10.2. The smallest absolute Gasteiger partial charge is 0.242 e. The van der Waals surface area contributed by atoms with Crippen LogP contribution in [0.25, 0.3) is 0 Å². The van der Waals surface area contributed by atoms with Gasteiger partial charge < -0.3 is 10.2 Å². The van der Waals surface area contributed by atoms with Gasteiger partial charge in [0, 0.05) is 34.6 Å². The summed E-state index contributed by atoms with van der Waals surface area (Å²) in [5.41, 5.74) is 1.34. The van der Waals surface area contributed by atoms with Crippen molar-refractivity contribution in [3.8, 4) is 0 Å². The summed E-state index contributed by atoms with van der Waals surface area (Å²) in [7, 11) is 3.21. The molecule has 0 heterocycles. The van der Waals surface area contributed by atoms with Crippen LogP contribution in [0.3, 0.4) is 0 Å². The molecule has 2 aliphatic carbocycles. The fourth-order valence-electron chi connectivity index (χ4n) is 4.44.